The number of hydrogen-bond acceptors (Lipinski definition) is 4. The maximum absolute atomic E-state index is 10.9. The second-order valence-electron chi connectivity index (χ2n) is 4.86. The molecule has 0 amide bonds. The highest BCUT2D eigenvalue weighted by atomic mass is 16.5. The van der Waals surface area contributed by atoms with Gasteiger partial charge in [-0.15, -0.1) is 5.10 Å². The van der Waals surface area contributed by atoms with Crippen LogP contribution in [0.4, 0.5) is 0 Å². The Bertz CT molecular complexity index is 602. The summed E-state index contributed by atoms with van der Waals surface area (Å²) in [4.78, 5) is 10.9. The van der Waals surface area contributed by atoms with Crippen LogP contribution in [0.2, 0.25) is 0 Å². The molecule has 1 aliphatic heterocycles. The Morgan fingerprint density at radius 2 is 2.42 bits per heavy atom. The van der Waals surface area contributed by atoms with Crippen molar-refractivity contribution in [1.82, 2.24) is 15.0 Å². The van der Waals surface area contributed by atoms with Crippen LogP contribution < -0.4 is 0 Å². The summed E-state index contributed by atoms with van der Waals surface area (Å²) in [6, 6.07) is 4.91. The predicted molar refractivity (Wildman–Crippen MR) is 68.0 cm³/mol. The number of hydrogen-bond donors (Lipinski definition) is 1. The molecule has 6 heteroatoms. The Hall–Kier alpha value is -1.95. The van der Waals surface area contributed by atoms with E-state index in [0.29, 0.717) is 11.4 Å². The summed E-state index contributed by atoms with van der Waals surface area (Å²) >= 11 is 0. The van der Waals surface area contributed by atoms with Crippen LogP contribution in [0.1, 0.15) is 23.2 Å². The summed E-state index contributed by atoms with van der Waals surface area (Å²) in [5.41, 5.74) is 1.73. The third kappa shape index (κ3) is 2.44. The molecule has 1 saturated heterocycles. The van der Waals surface area contributed by atoms with Crippen molar-refractivity contribution in [2.24, 2.45) is 5.92 Å². The molecule has 1 aromatic heterocycles. The van der Waals surface area contributed by atoms with Crippen LogP contribution >= 0.6 is 0 Å². The molecule has 0 saturated carbocycles. The monoisotopic (exact) mass is 261 g/mol. The lowest BCUT2D eigenvalue weighted by Crippen LogP contribution is -2.22. The molecule has 3 rings (SSSR count). The molecule has 6 nitrogen and oxygen atoms in total. The molecule has 1 fully saturated rings. The first-order valence-electron chi connectivity index (χ1n) is 6.38. The van der Waals surface area contributed by atoms with Gasteiger partial charge in [-0.1, -0.05) is 5.21 Å². The van der Waals surface area contributed by atoms with E-state index >= 15 is 0 Å². The number of carboxylic acids is 1. The molecular weight excluding hydrogens is 246 g/mol. The van der Waals surface area contributed by atoms with Crippen molar-refractivity contribution >= 4 is 17.0 Å². The lowest BCUT2D eigenvalue weighted by atomic mass is 10.0. The molecule has 1 N–H and O–H groups in total. The van der Waals surface area contributed by atoms with Gasteiger partial charge in [0.05, 0.1) is 17.7 Å². The Morgan fingerprint density at radius 3 is 3.16 bits per heavy atom. The molecule has 19 heavy (non-hydrogen) atoms. The number of benzene rings is 1. The Balaban J connectivity index is 1.86. The van der Waals surface area contributed by atoms with Crippen molar-refractivity contribution in [3.63, 3.8) is 0 Å². The summed E-state index contributed by atoms with van der Waals surface area (Å²) < 4.78 is 7.29. The zero-order chi connectivity index (χ0) is 13.2. The highest BCUT2D eigenvalue weighted by Gasteiger charge is 2.17. The van der Waals surface area contributed by atoms with E-state index in [-0.39, 0.29) is 5.56 Å². The van der Waals surface area contributed by atoms with Gasteiger partial charge in [0.2, 0.25) is 0 Å². The molecule has 2 aromatic rings. The van der Waals surface area contributed by atoms with Crippen LogP contribution in [0.25, 0.3) is 11.0 Å². The molecule has 1 aliphatic rings. The van der Waals surface area contributed by atoms with Crippen molar-refractivity contribution in [2.75, 3.05) is 13.2 Å². The highest BCUT2D eigenvalue weighted by Crippen LogP contribution is 2.19. The Morgan fingerprint density at radius 1 is 1.53 bits per heavy atom. The van der Waals surface area contributed by atoms with Gasteiger partial charge < -0.3 is 9.84 Å². The fraction of sp³-hybridized carbons (Fsp3) is 0.462. The SMILES string of the molecule is O=C(O)c1ccc2c(c1)nnn2CC1CCCOC1. The molecule has 0 spiro atoms. The molecule has 0 aliphatic carbocycles. The van der Waals surface area contributed by atoms with Gasteiger partial charge in [-0.25, -0.2) is 9.48 Å². The van der Waals surface area contributed by atoms with E-state index in [4.69, 9.17) is 9.84 Å². The highest BCUT2D eigenvalue weighted by molar-refractivity contribution is 5.92. The molecule has 100 valence electrons. The number of carbonyl (C=O) groups is 1. The molecule has 1 atom stereocenters. The van der Waals surface area contributed by atoms with Gasteiger partial charge in [-0.2, -0.15) is 0 Å². The van der Waals surface area contributed by atoms with E-state index in [1.165, 1.54) is 0 Å². The van der Waals surface area contributed by atoms with Crippen LogP contribution in [-0.4, -0.2) is 39.3 Å². The quantitative estimate of drug-likeness (QED) is 0.907. The van der Waals surface area contributed by atoms with E-state index in [1.807, 2.05) is 4.68 Å². The van der Waals surface area contributed by atoms with Gasteiger partial charge in [-0.05, 0) is 31.0 Å². The lowest BCUT2D eigenvalue weighted by Gasteiger charge is -2.21. The van der Waals surface area contributed by atoms with Crippen molar-refractivity contribution in [3.8, 4) is 0 Å². The third-order valence-corrected chi connectivity index (χ3v) is 3.45. The zero-order valence-corrected chi connectivity index (χ0v) is 10.5. The van der Waals surface area contributed by atoms with Crippen LogP contribution in [0.3, 0.4) is 0 Å². The maximum Gasteiger partial charge on any atom is 0.335 e. The van der Waals surface area contributed by atoms with E-state index in [1.54, 1.807) is 18.2 Å². The number of rotatable bonds is 3. The molecule has 0 bridgehead atoms. The first-order chi connectivity index (χ1) is 9.24. The summed E-state index contributed by atoms with van der Waals surface area (Å²) in [5, 5.41) is 17.1. The smallest absolute Gasteiger partial charge is 0.335 e. The molecule has 2 heterocycles. The molecule has 1 unspecified atom stereocenters. The van der Waals surface area contributed by atoms with Crippen molar-refractivity contribution in [3.05, 3.63) is 23.8 Å². The second-order valence-corrected chi connectivity index (χ2v) is 4.86. The van der Waals surface area contributed by atoms with Gasteiger partial charge in [0.1, 0.15) is 5.52 Å². The van der Waals surface area contributed by atoms with E-state index in [2.05, 4.69) is 10.3 Å². The minimum Gasteiger partial charge on any atom is -0.478 e. The topological polar surface area (TPSA) is 77.2 Å². The largest absolute Gasteiger partial charge is 0.478 e. The number of aromatic nitrogens is 3. The summed E-state index contributed by atoms with van der Waals surface area (Å²) in [7, 11) is 0. The fourth-order valence-corrected chi connectivity index (χ4v) is 2.44. The van der Waals surface area contributed by atoms with E-state index in [9.17, 15) is 4.79 Å². The van der Waals surface area contributed by atoms with Crippen molar-refractivity contribution < 1.29 is 14.6 Å². The summed E-state index contributed by atoms with van der Waals surface area (Å²) in [5.74, 6) is -0.491. The number of carboxylic acid groups (broad SMARTS) is 1. The third-order valence-electron chi connectivity index (χ3n) is 3.45. The first kappa shape index (κ1) is 12.1. The van der Waals surface area contributed by atoms with Crippen molar-refractivity contribution in [1.29, 1.82) is 0 Å². The molecule has 1 aromatic carbocycles. The Labute approximate surface area is 110 Å². The fourth-order valence-electron chi connectivity index (χ4n) is 2.44. The number of fused-ring (bicyclic) bond motifs is 1. The van der Waals surface area contributed by atoms with Gasteiger partial charge >= 0.3 is 5.97 Å². The molecular formula is C13H15N3O3. The van der Waals surface area contributed by atoms with Gasteiger partial charge in [0.25, 0.3) is 0 Å². The average molecular weight is 261 g/mol. The van der Waals surface area contributed by atoms with Gasteiger partial charge in [0.15, 0.2) is 0 Å². The molecule has 0 radical (unpaired) electrons. The lowest BCUT2D eigenvalue weighted by molar-refractivity contribution is 0.0473. The normalized spacial score (nSPS) is 19.7. The van der Waals surface area contributed by atoms with Crippen LogP contribution in [0.5, 0.6) is 0 Å². The van der Waals surface area contributed by atoms with Gasteiger partial charge in [0, 0.05) is 19.1 Å². The number of ether oxygens (including phenoxy) is 1. The predicted octanol–water partition coefficient (Wildman–Crippen LogP) is 1.56. The summed E-state index contributed by atoms with van der Waals surface area (Å²) in [6.07, 6.45) is 2.22. The number of nitrogens with zero attached hydrogens (tertiary/aromatic N) is 3. The minimum atomic E-state index is -0.947. The number of aromatic carboxylic acids is 1. The first-order valence-corrected chi connectivity index (χ1v) is 6.38. The van der Waals surface area contributed by atoms with Crippen molar-refractivity contribution in [2.45, 2.75) is 19.4 Å². The zero-order valence-electron chi connectivity index (χ0n) is 10.5. The summed E-state index contributed by atoms with van der Waals surface area (Å²) in [6.45, 7) is 2.37. The average Bonchev–Trinajstić information content (AvgIpc) is 2.82. The van der Waals surface area contributed by atoms with Gasteiger partial charge in [-0.3, -0.25) is 0 Å². The standard InChI is InChI=1S/C13H15N3O3/c17-13(18)10-3-4-12-11(6-10)14-15-16(12)7-9-2-1-5-19-8-9/h3-4,6,9H,1-2,5,7-8H2,(H,17,18). The van der Waals surface area contributed by atoms with E-state index < -0.39 is 5.97 Å². The van der Waals surface area contributed by atoms with Crippen LogP contribution in [0.15, 0.2) is 18.2 Å². The minimum absolute atomic E-state index is 0.237. The Kier molecular flexibility index (Phi) is 3.16. The van der Waals surface area contributed by atoms with E-state index in [0.717, 1.165) is 38.1 Å². The van der Waals surface area contributed by atoms with Crippen LogP contribution in [0, 0.1) is 5.92 Å². The second kappa shape index (κ2) is 4.97. The maximum atomic E-state index is 10.9. The van der Waals surface area contributed by atoms with Crippen LogP contribution in [-0.2, 0) is 11.3 Å².